The summed E-state index contributed by atoms with van der Waals surface area (Å²) >= 11 is 9.51. The maximum atomic E-state index is 12.5. The van der Waals surface area contributed by atoms with Gasteiger partial charge >= 0.3 is 0 Å². The van der Waals surface area contributed by atoms with E-state index in [1.54, 1.807) is 0 Å². The van der Waals surface area contributed by atoms with Crippen LogP contribution >= 0.6 is 27.5 Å². The quantitative estimate of drug-likeness (QED) is 0.837. The molecule has 1 aromatic rings. The summed E-state index contributed by atoms with van der Waals surface area (Å²) in [5.74, 6) is 0.872. The second-order valence-electron chi connectivity index (χ2n) is 5.47. The highest BCUT2D eigenvalue weighted by Crippen LogP contribution is 2.28. The molecule has 1 saturated heterocycles. The molecule has 0 radical (unpaired) electrons. The Kier molecular flexibility index (Phi) is 6.52. The number of nitrogens with zero attached hydrogens (tertiary/aromatic N) is 1. The minimum Gasteiger partial charge on any atom is -0.317 e. The van der Waals surface area contributed by atoms with Crippen LogP contribution < -0.4 is 10.2 Å². The number of benzene rings is 1. The lowest BCUT2D eigenvalue weighted by molar-refractivity contribution is -0.118. The molecule has 1 N–H and O–H groups in total. The zero-order chi connectivity index (χ0) is 15.2. The average molecular weight is 374 g/mol. The van der Waals surface area contributed by atoms with Crippen molar-refractivity contribution in [1.82, 2.24) is 5.32 Å². The summed E-state index contributed by atoms with van der Waals surface area (Å²) in [7, 11) is 0. The van der Waals surface area contributed by atoms with Gasteiger partial charge < -0.3 is 10.2 Å². The van der Waals surface area contributed by atoms with Crippen LogP contribution in [0.4, 0.5) is 5.69 Å². The zero-order valence-electron chi connectivity index (χ0n) is 12.4. The van der Waals surface area contributed by atoms with Crippen LogP contribution in [0.3, 0.4) is 0 Å². The van der Waals surface area contributed by atoms with Gasteiger partial charge in [0.25, 0.3) is 0 Å². The molecular weight excluding hydrogens is 352 g/mol. The van der Waals surface area contributed by atoms with Crippen LogP contribution in [0.15, 0.2) is 22.7 Å². The van der Waals surface area contributed by atoms with Crippen molar-refractivity contribution in [2.45, 2.75) is 32.6 Å². The summed E-state index contributed by atoms with van der Waals surface area (Å²) in [4.78, 5) is 14.3. The molecule has 1 aliphatic rings. The molecule has 2 rings (SSSR count). The summed E-state index contributed by atoms with van der Waals surface area (Å²) in [5.41, 5.74) is 0.876. The summed E-state index contributed by atoms with van der Waals surface area (Å²) in [6, 6.07) is 5.67. The number of hydrogen-bond donors (Lipinski definition) is 1. The van der Waals surface area contributed by atoms with Gasteiger partial charge in [-0.15, -0.1) is 0 Å². The van der Waals surface area contributed by atoms with Crippen molar-refractivity contribution in [3.8, 4) is 0 Å². The molecule has 1 amide bonds. The fraction of sp³-hybridized carbons (Fsp3) is 0.562. The third kappa shape index (κ3) is 4.70. The number of nitrogens with one attached hydrogen (secondary N) is 1. The van der Waals surface area contributed by atoms with Gasteiger partial charge in [-0.2, -0.15) is 0 Å². The molecule has 0 aliphatic carbocycles. The van der Waals surface area contributed by atoms with Crippen LogP contribution in [0.5, 0.6) is 0 Å². The van der Waals surface area contributed by atoms with Crippen molar-refractivity contribution in [2.75, 3.05) is 24.5 Å². The van der Waals surface area contributed by atoms with Gasteiger partial charge in [-0.3, -0.25) is 4.79 Å². The van der Waals surface area contributed by atoms with E-state index in [-0.39, 0.29) is 5.91 Å². The first kappa shape index (κ1) is 16.8. The largest absolute Gasteiger partial charge is 0.317 e. The van der Waals surface area contributed by atoms with Crippen molar-refractivity contribution < 1.29 is 4.79 Å². The third-order valence-corrected chi connectivity index (χ3v) is 5.29. The lowest BCUT2D eigenvalue weighted by Crippen LogP contribution is -2.32. The van der Waals surface area contributed by atoms with E-state index in [2.05, 4.69) is 21.2 Å². The van der Waals surface area contributed by atoms with Crippen LogP contribution in [0, 0.1) is 5.92 Å². The number of carbonyl (C=O) groups excluding carboxylic acids is 1. The van der Waals surface area contributed by atoms with Crippen LogP contribution in [-0.4, -0.2) is 25.5 Å². The Balaban J connectivity index is 1.95. The predicted octanol–water partition coefficient (Wildman–Crippen LogP) is 4.24. The van der Waals surface area contributed by atoms with Gasteiger partial charge in [0.1, 0.15) is 0 Å². The number of piperidine rings is 1. The third-order valence-electron chi connectivity index (χ3n) is 4.06. The molecule has 21 heavy (non-hydrogen) atoms. The minimum atomic E-state index is 0.189. The smallest absolute Gasteiger partial charge is 0.226 e. The van der Waals surface area contributed by atoms with Crippen molar-refractivity contribution in [1.29, 1.82) is 0 Å². The molecule has 0 saturated carbocycles. The fourth-order valence-corrected chi connectivity index (χ4v) is 3.21. The van der Waals surface area contributed by atoms with E-state index in [1.165, 1.54) is 12.8 Å². The number of hydrogen-bond acceptors (Lipinski definition) is 2. The highest BCUT2D eigenvalue weighted by Gasteiger charge is 2.18. The first-order chi connectivity index (χ1) is 10.1. The molecule has 1 aliphatic heterocycles. The maximum Gasteiger partial charge on any atom is 0.226 e. The second kappa shape index (κ2) is 8.16. The summed E-state index contributed by atoms with van der Waals surface area (Å²) in [6.45, 7) is 4.83. The van der Waals surface area contributed by atoms with Crippen molar-refractivity contribution in [2.24, 2.45) is 5.92 Å². The summed E-state index contributed by atoms with van der Waals surface area (Å²) in [6.07, 6.45) is 3.97. The van der Waals surface area contributed by atoms with Gasteiger partial charge in [0.15, 0.2) is 0 Å². The molecule has 1 heterocycles. The molecule has 0 unspecified atom stereocenters. The first-order valence-electron chi connectivity index (χ1n) is 7.58. The van der Waals surface area contributed by atoms with E-state index in [0.29, 0.717) is 23.9 Å². The number of anilines is 1. The van der Waals surface area contributed by atoms with Gasteiger partial charge in [0.2, 0.25) is 5.91 Å². The standard InChI is InChI=1S/C16H22BrClN2O/c1-2-20(13-4-5-14(17)15(18)11-13)16(21)6-3-12-7-9-19-10-8-12/h4-5,11-12,19H,2-3,6-10H2,1H3. The number of rotatable bonds is 5. The molecule has 1 aromatic carbocycles. The Bertz CT molecular complexity index is 489. The Morgan fingerprint density at radius 1 is 1.43 bits per heavy atom. The first-order valence-corrected chi connectivity index (χ1v) is 8.75. The topological polar surface area (TPSA) is 32.3 Å². The average Bonchev–Trinajstić information content (AvgIpc) is 2.50. The van der Waals surface area contributed by atoms with E-state index >= 15 is 0 Å². The fourth-order valence-electron chi connectivity index (χ4n) is 2.79. The highest BCUT2D eigenvalue weighted by molar-refractivity contribution is 9.10. The summed E-state index contributed by atoms with van der Waals surface area (Å²) in [5, 5.41) is 4.00. The predicted molar refractivity (Wildman–Crippen MR) is 92.0 cm³/mol. The SMILES string of the molecule is CCN(C(=O)CCC1CCNCC1)c1ccc(Br)c(Cl)c1. The molecule has 0 spiro atoms. The molecule has 0 bridgehead atoms. The molecule has 0 aromatic heterocycles. The van der Waals surface area contributed by atoms with Gasteiger partial charge in [0, 0.05) is 23.1 Å². The lowest BCUT2D eigenvalue weighted by Gasteiger charge is -2.25. The van der Waals surface area contributed by atoms with Gasteiger partial charge in [-0.25, -0.2) is 0 Å². The zero-order valence-corrected chi connectivity index (χ0v) is 14.7. The van der Waals surface area contributed by atoms with E-state index in [9.17, 15) is 4.79 Å². The Morgan fingerprint density at radius 2 is 2.14 bits per heavy atom. The van der Waals surface area contributed by atoms with E-state index in [4.69, 9.17) is 11.6 Å². The lowest BCUT2D eigenvalue weighted by atomic mass is 9.93. The van der Waals surface area contributed by atoms with Crippen LogP contribution in [0.1, 0.15) is 32.6 Å². The van der Waals surface area contributed by atoms with Crippen LogP contribution in [0.2, 0.25) is 5.02 Å². The van der Waals surface area contributed by atoms with Crippen LogP contribution in [-0.2, 0) is 4.79 Å². The summed E-state index contributed by atoms with van der Waals surface area (Å²) < 4.78 is 0.853. The van der Waals surface area contributed by atoms with E-state index in [0.717, 1.165) is 29.7 Å². The van der Waals surface area contributed by atoms with Crippen LogP contribution in [0.25, 0.3) is 0 Å². The van der Waals surface area contributed by atoms with E-state index < -0.39 is 0 Å². The molecule has 5 heteroatoms. The second-order valence-corrected chi connectivity index (χ2v) is 6.73. The molecule has 116 valence electrons. The normalized spacial score (nSPS) is 16.0. The Hall–Kier alpha value is -0.580. The number of amides is 1. The Labute approximate surface area is 140 Å². The monoisotopic (exact) mass is 372 g/mol. The minimum absolute atomic E-state index is 0.189. The van der Waals surface area contributed by atoms with Crippen molar-refractivity contribution in [3.63, 3.8) is 0 Å². The van der Waals surface area contributed by atoms with Crippen molar-refractivity contribution in [3.05, 3.63) is 27.7 Å². The number of carbonyl (C=O) groups is 1. The van der Waals surface area contributed by atoms with Gasteiger partial charge in [-0.05, 0) is 79.3 Å². The van der Waals surface area contributed by atoms with Gasteiger partial charge in [0.05, 0.1) is 5.02 Å². The Morgan fingerprint density at radius 3 is 2.76 bits per heavy atom. The maximum absolute atomic E-state index is 12.5. The number of halogens is 2. The molecule has 1 fully saturated rings. The molecular formula is C16H22BrClN2O. The van der Waals surface area contributed by atoms with Crippen molar-refractivity contribution >= 4 is 39.1 Å². The highest BCUT2D eigenvalue weighted by atomic mass is 79.9. The van der Waals surface area contributed by atoms with E-state index in [1.807, 2.05) is 30.0 Å². The molecule has 3 nitrogen and oxygen atoms in total. The van der Waals surface area contributed by atoms with Gasteiger partial charge in [-0.1, -0.05) is 11.6 Å². The molecule has 0 atom stereocenters.